The molecule has 1 aliphatic heterocycles. The molecule has 0 radical (unpaired) electrons. The minimum absolute atomic E-state index is 0.00187. The van der Waals surface area contributed by atoms with E-state index in [0.717, 1.165) is 44.0 Å². The molecule has 6 heteroatoms. The normalized spacial score (nSPS) is 15.6. The van der Waals surface area contributed by atoms with E-state index in [2.05, 4.69) is 10.2 Å². The highest BCUT2D eigenvalue weighted by molar-refractivity contribution is 5.90. The van der Waals surface area contributed by atoms with Crippen molar-refractivity contribution < 1.29 is 14.3 Å². The number of methoxy groups -OCH3 is 1. The van der Waals surface area contributed by atoms with Crippen LogP contribution in [0.15, 0.2) is 24.3 Å². The Morgan fingerprint density at radius 2 is 1.90 bits per heavy atom. The van der Waals surface area contributed by atoms with Crippen LogP contribution >= 0.6 is 0 Å². The Morgan fingerprint density at radius 1 is 1.24 bits per heavy atom. The van der Waals surface area contributed by atoms with Crippen molar-refractivity contribution in [3.05, 3.63) is 24.3 Å². The number of rotatable bonds is 6. The van der Waals surface area contributed by atoms with Crippen LogP contribution in [0.4, 0.5) is 5.69 Å². The summed E-state index contributed by atoms with van der Waals surface area (Å²) in [5.41, 5.74) is 0.770. The van der Waals surface area contributed by atoms with Crippen LogP contribution in [0.3, 0.4) is 0 Å². The van der Waals surface area contributed by atoms with Crippen molar-refractivity contribution in [1.82, 2.24) is 9.80 Å². The lowest BCUT2D eigenvalue weighted by molar-refractivity contribution is -0.120. The first kappa shape index (κ1) is 15.3. The zero-order chi connectivity index (χ0) is 15.1. The maximum atomic E-state index is 11.9. The van der Waals surface area contributed by atoms with E-state index >= 15 is 0 Å². The average molecular weight is 291 g/mol. The molecule has 1 aromatic carbocycles. The van der Waals surface area contributed by atoms with E-state index < -0.39 is 0 Å². The minimum Gasteiger partial charge on any atom is -0.497 e. The van der Waals surface area contributed by atoms with Gasteiger partial charge in [-0.3, -0.25) is 14.5 Å². The van der Waals surface area contributed by atoms with Crippen LogP contribution < -0.4 is 10.1 Å². The summed E-state index contributed by atoms with van der Waals surface area (Å²) in [7, 11) is 1.61. The molecular weight excluding hydrogens is 270 g/mol. The molecule has 21 heavy (non-hydrogen) atoms. The molecule has 6 nitrogen and oxygen atoms in total. The maximum Gasteiger partial charge on any atom is 0.225 e. The third-order valence-corrected chi connectivity index (χ3v) is 3.58. The first-order valence-electron chi connectivity index (χ1n) is 7.07. The van der Waals surface area contributed by atoms with Crippen molar-refractivity contribution >= 4 is 18.0 Å². The summed E-state index contributed by atoms with van der Waals surface area (Å²) in [5, 5.41) is 2.87. The van der Waals surface area contributed by atoms with Crippen molar-refractivity contribution in [3.63, 3.8) is 0 Å². The SMILES string of the molecule is COc1ccc(NC(=O)CCN2CCN(C=O)CC2)cc1. The van der Waals surface area contributed by atoms with E-state index in [9.17, 15) is 9.59 Å². The molecule has 0 unspecified atom stereocenters. The second-order valence-electron chi connectivity index (χ2n) is 5.01. The number of hydrogen-bond donors (Lipinski definition) is 1. The van der Waals surface area contributed by atoms with Crippen LogP contribution in [0.2, 0.25) is 0 Å². The van der Waals surface area contributed by atoms with Crippen LogP contribution in [0.25, 0.3) is 0 Å². The van der Waals surface area contributed by atoms with Crippen molar-refractivity contribution in [2.75, 3.05) is 45.2 Å². The summed E-state index contributed by atoms with van der Waals surface area (Å²) in [6, 6.07) is 7.27. The van der Waals surface area contributed by atoms with E-state index in [1.54, 1.807) is 12.0 Å². The van der Waals surface area contributed by atoms with Gasteiger partial charge in [0.05, 0.1) is 7.11 Å². The second-order valence-corrected chi connectivity index (χ2v) is 5.01. The van der Waals surface area contributed by atoms with Gasteiger partial charge < -0.3 is 15.0 Å². The Kier molecular flexibility index (Phi) is 5.57. The predicted molar refractivity (Wildman–Crippen MR) is 80.3 cm³/mol. The number of nitrogens with one attached hydrogen (secondary N) is 1. The highest BCUT2D eigenvalue weighted by Crippen LogP contribution is 2.15. The Balaban J connectivity index is 1.71. The van der Waals surface area contributed by atoms with Crippen molar-refractivity contribution in [2.45, 2.75) is 6.42 Å². The van der Waals surface area contributed by atoms with Gasteiger partial charge in [0, 0.05) is 44.8 Å². The standard InChI is InChI=1S/C15H21N3O3/c1-21-14-4-2-13(3-5-14)16-15(20)6-7-17-8-10-18(12-19)11-9-17/h2-5,12H,6-11H2,1H3,(H,16,20). The third kappa shape index (κ3) is 4.75. The lowest BCUT2D eigenvalue weighted by Crippen LogP contribution is -2.46. The molecular formula is C15H21N3O3. The van der Waals surface area contributed by atoms with Crippen molar-refractivity contribution in [3.8, 4) is 5.75 Å². The van der Waals surface area contributed by atoms with Gasteiger partial charge in [-0.05, 0) is 24.3 Å². The number of carbonyl (C=O) groups is 2. The Bertz CT molecular complexity index is 468. The quantitative estimate of drug-likeness (QED) is 0.788. The van der Waals surface area contributed by atoms with E-state index in [4.69, 9.17) is 4.74 Å². The number of anilines is 1. The molecule has 0 bridgehead atoms. The fourth-order valence-corrected chi connectivity index (χ4v) is 2.25. The molecule has 1 fully saturated rings. The number of benzene rings is 1. The summed E-state index contributed by atoms with van der Waals surface area (Å²) in [4.78, 5) is 26.5. The van der Waals surface area contributed by atoms with Crippen LogP contribution in [-0.4, -0.2) is 62.0 Å². The van der Waals surface area contributed by atoms with Crippen LogP contribution in [0, 0.1) is 0 Å². The maximum absolute atomic E-state index is 11.9. The van der Waals surface area contributed by atoms with Gasteiger partial charge in [0.1, 0.15) is 5.75 Å². The molecule has 0 aliphatic carbocycles. The van der Waals surface area contributed by atoms with Gasteiger partial charge in [0.25, 0.3) is 0 Å². The third-order valence-electron chi connectivity index (χ3n) is 3.58. The van der Waals surface area contributed by atoms with E-state index in [0.29, 0.717) is 13.0 Å². The molecule has 2 rings (SSSR count). The van der Waals surface area contributed by atoms with Gasteiger partial charge in [-0.15, -0.1) is 0 Å². The summed E-state index contributed by atoms with van der Waals surface area (Å²) in [5.74, 6) is 0.763. The van der Waals surface area contributed by atoms with Gasteiger partial charge in [0.15, 0.2) is 0 Å². The number of carbonyl (C=O) groups excluding carboxylic acids is 2. The van der Waals surface area contributed by atoms with Crippen molar-refractivity contribution in [1.29, 1.82) is 0 Å². The van der Waals surface area contributed by atoms with Crippen molar-refractivity contribution in [2.24, 2.45) is 0 Å². The van der Waals surface area contributed by atoms with Gasteiger partial charge in [0.2, 0.25) is 12.3 Å². The molecule has 0 aromatic heterocycles. The molecule has 1 saturated heterocycles. The molecule has 0 saturated carbocycles. The summed E-state index contributed by atoms with van der Waals surface area (Å²) < 4.78 is 5.07. The first-order chi connectivity index (χ1) is 10.2. The Hall–Kier alpha value is -2.08. The van der Waals surface area contributed by atoms with Crippen LogP contribution in [-0.2, 0) is 9.59 Å². The molecule has 114 valence electrons. The number of amides is 2. The smallest absolute Gasteiger partial charge is 0.225 e. The molecule has 2 amide bonds. The Morgan fingerprint density at radius 3 is 2.48 bits per heavy atom. The molecule has 1 aromatic rings. The zero-order valence-electron chi connectivity index (χ0n) is 12.2. The zero-order valence-corrected chi connectivity index (χ0v) is 12.2. The lowest BCUT2D eigenvalue weighted by atomic mass is 10.2. The first-order valence-corrected chi connectivity index (χ1v) is 7.07. The van der Waals surface area contributed by atoms with Gasteiger partial charge in [-0.2, -0.15) is 0 Å². The van der Waals surface area contributed by atoms with Crippen LogP contribution in [0.5, 0.6) is 5.75 Å². The molecule has 1 heterocycles. The average Bonchev–Trinajstić information content (AvgIpc) is 2.54. The fraction of sp³-hybridized carbons (Fsp3) is 0.467. The van der Waals surface area contributed by atoms with Gasteiger partial charge >= 0.3 is 0 Å². The van der Waals surface area contributed by atoms with Crippen LogP contribution in [0.1, 0.15) is 6.42 Å². The topological polar surface area (TPSA) is 61.9 Å². The number of hydrogen-bond acceptors (Lipinski definition) is 4. The molecule has 1 N–H and O–H groups in total. The van der Waals surface area contributed by atoms with E-state index in [1.807, 2.05) is 24.3 Å². The summed E-state index contributed by atoms with van der Waals surface area (Å²) in [6.07, 6.45) is 1.33. The molecule has 1 aliphatic rings. The highest BCUT2D eigenvalue weighted by atomic mass is 16.5. The van der Waals surface area contributed by atoms with Gasteiger partial charge in [-0.25, -0.2) is 0 Å². The second kappa shape index (κ2) is 7.64. The Labute approximate surface area is 124 Å². The fourth-order valence-electron chi connectivity index (χ4n) is 2.25. The summed E-state index contributed by atoms with van der Waals surface area (Å²) >= 11 is 0. The largest absolute Gasteiger partial charge is 0.497 e. The number of piperazine rings is 1. The molecule has 0 atom stereocenters. The molecule has 0 spiro atoms. The highest BCUT2D eigenvalue weighted by Gasteiger charge is 2.15. The van der Waals surface area contributed by atoms with E-state index in [1.165, 1.54) is 0 Å². The minimum atomic E-state index is -0.00187. The lowest BCUT2D eigenvalue weighted by Gasteiger charge is -2.32. The predicted octanol–water partition coefficient (Wildman–Crippen LogP) is 0.798. The summed E-state index contributed by atoms with van der Waals surface area (Å²) in [6.45, 7) is 3.85. The van der Waals surface area contributed by atoms with E-state index in [-0.39, 0.29) is 5.91 Å². The number of nitrogens with zero attached hydrogens (tertiary/aromatic N) is 2. The number of ether oxygens (including phenoxy) is 1. The monoisotopic (exact) mass is 291 g/mol. The van der Waals surface area contributed by atoms with Gasteiger partial charge in [-0.1, -0.05) is 0 Å².